The van der Waals surface area contributed by atoms with E-state index in [2.05, 4.69) is 46.6 Å². The summed E-state index contributed by atoms with van der Waals surface area (Å²) in [4.78, 5) is 5.50. The van der Waals surface area contributed by atoms with Crippen LogP contribution < -0.4 is 16.4 Å². The first kappa shape index (κ1) is 18.4. The smallest absolute Gasteiger partial charge is 0.413 e. The fourth-order valence-electron chi connectivity index (χ4n) is 3.66. The Morgan fingerprint density at radius 1 is 1.15 bits per heavy atom. The average Bonchev–Trinajstić information content (AvgIpc) is 3.22. The third kappa shape index (κ3) is 4.84. The Labute approximate surface area is 164 Å². The summed E-state index contributed by atoms with van der Waals surface area (Å²) in [6.45, 7) is 0. The molecule has 3 N–H and O–H groups in total. The van der Waals surface area contributed by atoms with E-state index >= 15 is 0 Å². The van der Waals surface area contributed by atoms with Gasteiger partial charge in [0, 0.05) is 23.2 Å². The molecule has 3 atom stereocenters. The number of hydrogen-bond acceptors (Lipinski definition) is 5. The number of rotatable bonds is 6. The quantitative estimate of drug-likeness (QED) is 0.648. The molecule has 1 fully saturated rings. The van der Waals surface area contributed by atoms with Gasteiger partial charge in [0.05, 0.1) is 11.6 Å². The second kappa shape index (κ2) is 8.80. The van der Waals surface area contributed by atoms with Gasteiger partial charge >= 0.3 is 7.05 Å². The number of nitrogens with zero attached hydrogens (tertiary/aromatic N) is 1. The van der Waals surface area contributed by atoms with E-state index in [0.29, 0.717) is 6.04 Å². The summed E-state index contributed by atoms with van der Waals surface area (Å²) < 4.78 is 6.41. The predicted molar refractivity (Wildman–Crippen MR) is 112 cm³/mol. The molecule has 2 aromatic carbocycles. The Hall–Kier alpha value is -1.99. The number of hydrogen-bond donors (Lipinski definition) is 2. The normalized spacial score (nSPS) is 21.1. The number of aromatic nitrogens is 1. The minimum atomic E-state index is -0.135. The van der Waals surface area contributed by atoms with Crippen LogP contribution >= 0.6 is 11.3 Å². The van der Waals surface area contributed by atoms with E-state index in [4.69, 9.17) is 10.4 Å². The summed E-state index contributed by atoms with van der Waals surface area (Å²) in [5.41, 5.74) is 10.9. The number of thiazole rings is 1. The molecule has 4 rings (SSSR count). The third-order valence-corrected chi connectivity index (χ3v) is 5.84. The maximum absolute atomic E-state index is 6.59. The van der Waals surface area contributed by atoms with E-state index in [1.54, 1.807) is 11.3 Å². The van der Waals surface area contributed by atoms with Crippen molar-refractivity contribution in [1.82, 2.24) is 10.2 Å². The van der Waals surface area contributed by atoms with Crippen molar-refractivity contribution < 1.29 is 4.65 Å². The topological polar surface area (TPSA) is 60.2 Å². The second-order valence-electron chi connectivity index (χ2n) is 7.09. The highest BCUT2D eigenvalue weighted by Gasteiger charge is 2.36. The molecule has 1 aromatic heterocycles. The van der Waals surface area contributed by atoms with Gasteiger partial charge in [-0.15, -0.1) is 11.3 Å². The highest BCUT2D eigenvalue weighted by Crippen LogP contribution is 2.20. The Bertz CT molecular complexity index is 816. The summed E-state index contributed by atoms with van der Waals surface area (Å²) in [6, 6.07) is 21.0. The van der Waals surface area contributed by atoms with E-state index in [1.807, 2.05) is 36.0 Å². The molecule has 0 amide bonds. The zero-order valence-electron chi connectivity index (χ0n) is 15.2. The first-order valence-corrected chi connectivity index (χ1v) is 10.3. The number of nitrogens with two attached hydrogens (primary N) is 1. The molecule has 138 valence electrons. The van der Waals surface area contributed by atoms with E-state index in [0.717, 1.165) is 24.7 Å². The maximum atomic E-state index is 6.59. The van der Waals surface area contributed by atoms with Gasteiger partial charge in [-0.2, -0.15) is 0 Å². The van der Waals surface area contributed by atoms with Crippen LogP contribution in [0, 0.1) is 0 Å². The number of nitrogens with one attached hydrogen (secondary N) is 1. The van der Waals surface area contributed by atoms with Gasteiger partial charge in [0.1, 0.15) is 0 Å². The fraction of sp³-hybridized carbons (Fsp3) is 0.286. The zero-order chi connectivity index (χ0) is 18.5. The molecule has 4 nitrogen and oxygen atoms in total. The molecule has 1 aliphatic heterocycles. The van der Waals surface area contributed by atoms with E-state index in [-0.39, 0.29) is 19.2 Å². The minimum Gasteiger partial charge on any atom is -0.413 e. The summed E-state index contributed by atoms with van der Waals surface area (Å²) in [6.07, 6.45) is 4.63. The summed E-state index contributed by atoms with van der Waals surface area (Å²) >= 11 is 1.70. The summed E-state index contributed by atoms with van der Waals surface area (Å²) in [7, 11) is -0.135. The van der Waals surface area contributed by atoms with Gasteiger partial charge in [0.25, 0.3) is 0 Å². The largest absolute Gasteiger partial charge is 0.416 e. The van der Waals surface area contributed by atoms with Gasteiger partial charge < -0.3 is 15.6 Å². The third-order valence-electron chi connectivity index (χ3n) is 5.04. The lowest BCUT2D eigenvalue weighted by atomic mass is 9.69. The highest BCUT2D eigenvalue weighted by molar-refractivity contribution is 7.09. The van der Waals surface area contributed by atoms with Crippen LogP contribution in [0.15, 0.2) is 72.4 Å². The van der Waals surface area contributed by atoms with Crippen LogP contribution in [-0.4, -0.2) is 30.2 Å². The van der Waals surface area contributed by atoms with E-state index in [9.17, 15) is 0 Å². The molecular formula is C21H24BN3OS. The Morgan fingerprint density at radius 3 is 2.59 bits per heavy atom. The highest BCUT2D eigenvalue weighted by atomic mass is 32.1. The summed E-state index contributed by atoms with van der Waals surface area (Å²) in [5, 5.41) is 3.66. The predicted octanol–water partition coefficient (Wildman–Crippen LogP) is 2.40. The van der Waals surface area contributed by atoms with Crippen LogP contribution in [0.5, 0.6) is 0 Å². The SMILES string of the molecule is NC(Cc1ccccc1)[C@@H]1CC(Cc2cncs2)NB(c2ccccc2)O1. The monoisotopic (exact) mass is 377 g/mol. The van der Waals surface area contributed by atoms with Gasteiger partial charge in [0.2, 0.25) is 0 Å². The van der Waals surface area contributed by atoms with Crippen molar-refractivity contribution in [3.8, 4) is 0 Å². The Morgan fingerprint density at radius 2 is 1.89 bits per heavy atom. The lowest BCUT2D eigenvalue weighted by molar-refractivity contribution is 0.122. The van der Waals surface area contributed by atoms with Crippen molar-refractivity contribution in [1.29, 1.82) is 0 Å². The first-order chi connectivity index (χ1) is 13.3. The first-order valence-electron chi connectivity index (χ1n) is 9.41. The van der Waals surface area contributed by atoms with Crippen molar-refractivity contribution >= 4 is 23.9 Å². The molecular weight excluding hydrogens is 353 g/mol. The van der Waals surface area contributed by atoms with Gasteiger partial charge in [-0.25, -0.2) is 0 Å². The van der Waals surface area contributed by atoms with E-state index in [1.165, 1.54) is 10.4 Å². The van der Waals surface area contributed by atoms with Crippen molar-refractivity contribution in [2.24, 2.45) is 5.73 Å². The molecule has 2 unspecified atom stereocenters. The number of benzene rings is 2. The molecule has 1 aliphatic rings. The van der Waals surface area contributed by atoms with Crippen LogP contribution in [-0.2, 0) is 17.5 Å². The molecule has 0 radical (unpaired) electrons. The molecule has 2 heterocycles. The van der Waals surface area contributed by atoms with Crippen molar-refractivity contribution in [2.45, 2.75) is 37.5 Å². The van der Waals surface area contributed by atoms with Gasteiger partial charge in [-0.3, -0.25) is 4.98 Å². The lowest BCUT2D eigenvalue weighted by Gasteiger charge is -2.38. The van der Waals surface area contributed by atoms with Gasteiger partial charge in [-0.05, 0) is 30.3 Å². The summed E-state index contributed by atoms with van der Waals surface area (Å²) in [5.74, 6) is 0. The van der Waals surface area contributed by atoms with Crippen LogP contribution in [0.2, 0.25) is 0 Å². The minimum absolute atomic E-state index is 0.00887. The second-order valence-corrected chi connectivity index (χ2v) is 8.06. The van der Waals surface area contributed by atoms with E-state index < -0.39 is 0 Å². The molecule has 0 aliphatic carbocycles. The molecule has 6 heteroatoms. The van der Waals surface area contributed by atoms with Crippen LogP contribution in [0.1, 0.15) is 16.9 Å². The van der Waals surface area contributed by atoms with Gasteiger partial charge in [-0.1, -0.05) is 60.7 Å². The molecule has 27 heavy (non-hydrogen) atoms. The molecule has 3 aromatic rings. The fourth-order valence-corrected chi connectivity index (χ4v) is 4.33. The molecule has 0 bridgehead atoms. The van der Waals surface area contributed by atoms with Crippen LogP contribution in [0.4, 0.5) is 0 Å². The molecule has 0 spiro atoms. The Kier molecular flexibility index (Phi) is 5.99. The molecule has 1 saturated heterocycles. The van der Waals surface area contributed by atoms with Gasteiger partial charge in [0.15, 0.2) is 0 Å². The van der Waals surface area contributed by atoms with Crippen molar-refractivity contribution in [2.75, 3.05) is 0 Å². The van der Waals surface area contributed by atoms with Crippen LogP contribution in [0.25, 0.3) is 0 Å². The maximum Gasteiger partial charge on any atom is 0.416 e. The lowest BCUT2D eigenvalue weighted by Crippen LogP contribution is -2.62. The molecule has 0 saturated carbocycles. The average molecular weight is 377 g/mol. The van der Waals surface area contributed by atoms with Crippen molar-refractivity contribution in [3.05, 3.63) is 82.8 Å². The van der Waals surface area contributed by atoms with Crippen LogP contribution in [0.3, 0.4) is 0 Å². The Balaban J connectivity index is 1.50. The standard InChI is InChI=1S/C21H24BN3OS/c23-20(11-16-7-3-1-4-8-16)21-13-18(12-19-14-24-15-27-19)25-22(26-21)17-9-5-2-6-10-17/h1-10,14-15,18,20-21,25H,11-13,23H2/t18?,20?,21-/m0/s1. The zero-order valence-corrected chi connectivity index (χ0v) is 16.0. The van der Waals surface area contributed by atoms with Crippen molar-refractivity contribution in [3.63, 3.8) is 0 Å².